The van der Waals surface area contributed by atoms with Crippen molar-refractivity contribution in [1.29, 1.82) is 0 Å². The molecule has 3 aromatic rings. The lowest BCUT2D eigenvalue weighted by Crippen LogP contribution is -2.43. The zero-order valence-corrected chi connectivity index (χ0v) is 18.8. The molecule has 0 aliphatic rings. The molecule has 1 amide bonds. The van der Waals surface area contributed by atoms with Crippen LogP contribution in [0.15, 0.2) is 66.7 Å². The average molecular weight is 468 g/mol. The number of carboxylic acid groups (broad SMARTS) is 1. The van der Waals surface area contributed by atoms with Gasteiger partial charge in [-0.15, -0.1) is 0 Å². The van der Waals surface area contributed by atoms with Crippen LogP contribution in [0.3, 0.4) is 0 Å². The molecule has 0 fully saturated rings. The van der Waals surface area contributed by atoms with Crippen LogP contribution in [-0.2, 0) is 16.0 Å². The summed E-state index contributed by atoms with van der Waals surface area (Å²) in [7, 11) is 2.85. The molecule has 0 unspecified atom stereocenters. The lowest BCUT2D eigenvalue weighted by atomic mass is 9.99. The van der Waals surface area contributed by atoms with Gasteiger partial charge in [0.25, 0.3) is 5.91 Å². The number of esters is 1. The van der Waals surface area contributed by atoms with Gasteiger partial charge in [-0.1, -0.05) is 54.1 Å². The minimum Gasteiger partial charge on any atom is -0.496 e. The number of rotatable bonds is 8. The summed E-state index contributed by atoms with van der Waals surface area (Å²) in [6.07, 6.45) is 0.190. The molecular formula is C25H22ClNO6. The summed E-state index contributed by atoms with van der Waals surface area (Å²) in [5.41, 5.74) is 2.69. The summed E-state index contributed by atoms with van der Waals surface area (Å²) in [6.45, 7) is 0. The summed E-state index contributed by atoms with van der Waals surface area (Å²) in [5.74, 6) is -1.64. The third-order valence-electron chi connectivity index (χ3n) is 5.06. The Morgan fingerprint density at radius 2 is 1.70 bits per heavy atom. The number of para-hydroxylation sites is 1. The van der Waals surface area contributed by atoms with Gasteiger partial charge in [-0.05, 0) is 35.4 Å². The monoisotopic (exact) mass is 467 g/mol. The lowest BCUT2D eigenvalue weighted by Gasteiger charge is -2.17. The fourth-order valence-electron chi connectivity index (χ4n) is 3.34. The van der Waals surface area contributed by atoms with Crippen LogP contribution < -0.4 is 10.1 Å². The van der Waals surface area contributed by atoms with Crippen molar-refractivity contribution < 1.29 is 29.0 Å². The summed E-state index contributed by atoms with van der Waals surface area (Å²) < 4.78 is 10.2. The molecule has 0 aromatic heterocycles. The number of nitrogens with one attached hydrogen (secondary N) is 1. The molecular weight excluding hydrogens is 446 g/mol. The molecule has 3 aromatic carbocycles. The fourth-order valence-corrected chi connectivity index (χ4v) is 3.61. The van der Waals surface area contributed by atoms with Crippen LogP contribution in [0.25, 0.3) is 11.1 Å². The zero-order chi connectivity index (χ0) is 24.0. The first-order valence-corrected chi connectivity index (χ1v) is 10.4. The Morgan fingerprint density at radius 1 is 1.00 bits per heavy atom. The number of hydrogen-bond donors (Lipinski definition) is 2. The number of carbonyl (C=O) groups is 3. The van der Waals surface area contributed by atoms with Gasteiger partial charge in [-0.3, -0.25) is 4.79 Å². The number of halogens is 1. The SMILES string of the molecule is COC(=O)[C@H](Cc1ccc(-c2ccccc2OC)cc1)NC(=O)c1ccc(C(=O)O)cc1Cl. The molecule has 0 spiro atoms. The predicted molar refractivity (Wildman–Crippen MR) is 124 cm³/mol. The number of methoxy groups -OCH3 is 2. The van der Waals surface area contributed by atoms with Gasteiger partial charge in [-0.25, -0.2) is 9.59 Å². The molecule has 0 heterocycles. The zero-order valence-electron chi connectivity index (χ0n) is 18.0. The third kappa shape index (κ3) is 5.70. The van der Waals surface area contributed by atoms with Crippen molar-refractivity contribution in [3.63, 3.8) is 0 Å². The standard InChI is InChI=1S/C25H22ClNO6/c1-32-22-6-4-3-5-18(22)16-9-7-15(8-10-16)13-21(25(31)33-2)27-23(28)19-12-11-17(24(29)30)14-20(19)26/h3-12,14,21H,13H2,1-2H3,(H,27,28)(H,29,30)/t21-/m0/s1. The van der Waals surface area contributed by atoms with Crippen LogP contribution in [0.5, 0.6) is 5.75 Å². The highest BCUT2D eigenvalue weighted by atomic mass is 35.5. The second-order valence-corrected chi connectivity index (χ2v) is 7.56. The molecule has 2 N–H and O–H groups in total. The Kier molecular flexibility index (Phi) is 7.69. The number of aromatic carboxylic acids is 1. The highest BCUT2D eigenvalue weighted by molar-refractivity contribution is 6.34. The van der Waals surface area contributed by atoms with E-state index in [0.29, 0.717) is 0 Å². The van der Waals surface area contributed by atoms with E-state index in [4.69, 9.17) is 26.2 Å². The van der Waals surface area contributed by atoms with E-state index >= 15 is 0 Å². The van der Waals surface area contributed by atoms with Gasteiger partial charge in [0.2, 0.25) is 0 Å². The topological polar surface area (TPSA) is 102 Å². The van der Waals surface area contributed by atoms with Crippen molar-refractivity contribution in [2.24, 2.45) is 0 Å². The summed E-state index contributed by atoms with van der Waals surface area (Å²) in [6, 6.07) is 18.0. The van der Waals surface area contributed by atoms with Crippen molar-refractivity contribution in [1.82, 2.24) is 5.32 Å². The molecule has 3 rings (SSSR count). The Morgan fingerprint density at radius 3 is 2.30 bits per heavy atom. The maximum Gasteiger partial charge on any atom is 0.335 e. The van der Waals surface area contributed by atoms with Crippen LogP contribution in [0.1, 0.15) is 26.3 Å². The Balaban J connectivity index is 1.78. The number of amides is 1. The smallest absolute Gasteiger partial charge is 0.335 e. The summed E-state index contributed by atoms with van der Waals surface area (Å²) in [5, 5.41) is 11.6. The molecule has 8 heteroatoms. The van der Waals surface area contributed by atoms with Crippen molar-refractivity contribution in [2.75, 3.05) is 14.2 Å². The number of carboxylic acids is 1. The summed E-state index contributed by atoms with van der Waals surface area (Å²) >= 11 is 6.08. The van der Waals surface area contributed by atoms with Gasteiger partial charge < -0.3 is 19.9 Å². The minimum absolute atomic E-state index is 0.0304. The largest absolute Gasteiger partial charge is 0.496 e. The van der Waals surface area contributed by atoms with Crippen molar-refractivity contribution in [2.45, 2.75) is 12.5 Å². The van der Waals surface area contributed by atoms with E-state index in [1.165, 1.54) is 25.3 Å². The Bertz CT molecular complexity index is 1180. The van der Waals surface area contributed by atoms with Gasteiger partial charge in [-0.2, -0.15) is 0 Å². The highest BCUT2D eigenvalue weighted by Crippen LogP contribution is 2.29. The van der Waals surface area contributed by atoms with Crippen LogP contribution in [-0.4, -0.2) is 43.2 Å². The van der Waals surface area contributed by atoms with E-state index in [9.17, 15) is 14.4 Å². The van der Waals surface area contributed by atoms with Crippen LogP contribution >= 0.6 is 11.6 Å². The predicted octanol–water partition coefficient (Wildman–Crippen LogP) is 4.23. The first-order chi connectivity index (χ1) is 15.8. The van der Waals surface area contributed by atoms with E-state index in [1.807, 2.05) is 48.5 Å². The van der Waals surface area contributed by atoms with Gasteiger partial charge >= 0.3 is 11.9 Å². The van der Waals surface area contributed by atoms with Crippen LogP contribution in [0.4, 0.5) is 0 Å². The first-order valence-electron chi connectivity index (χ1n) is 9.98. The van der Waals surface area contributed by atoms with Gasteiger partial charge in [0.1, 0.15) is 11.8 Å². The lowest BCUT2D eigenvalue weighted by molar-refractivity contribution is -0.142. The number of carbonyl (C=O) groups excluding carboxylic acids is 2. The Hall–Kier alpha value is -3.84. The van der Waals surface area contributed by atoms with Crippen molar-refractivity contribution in [3.05, 3.63) is 88.4 Å². The highest BCUT2D eigenvalue weighted by Gasteiger charge is 2.24. The van der Waals surface area contributed by atoms with Crippen LogP contribution in [0.2, 0.25) is 5.02 Å². The molecule has 7 nitrogen and oxygen atoms in total. The van der Waals surface area contributed by atoms with E-state index in [0.717, 1.165) is 22.4 Å². The molecule has 0 aliphatic carbocycles. The number of hydrogen-bond acceptors (Lipinski definition) is 5. The second-order valence-electron chi connectivity index (χ2n) is 7.15. The van der Waals surface area contributed by atoms with E-state index in [-0.39, 0.29) is 22.6 Å². The quantitative estimate of drug-likeness (QED) is 0.481. The summed E-state index contributed by atoms with van der Waals surface area (Å²) in [4.78, 5) is 36.1. The maximum atomic E-state index is 12.7. The Labute approximate surface area is 195 Å². The molecule has 170 valence electrons. The molecule has 33 heavy (non-hydrogen) atoms. The second kappa shape index (κ2) is 10.7. The van der Waals surface area contributed by atoms with Crippen LogP contribution in [0, 0.1) is 0 Å². The fraction of sp³-hybridized carbons (Fsp3) is 0.160. The molecule has 0 aliphatic heterocycles. The van der Waals surface area contributed by atoms with Gasteiger partial charge in [0.05, 0.1) is 30.4 Å². The molecule has 1 atom stereocenters. The minimum atomic E-state index is -1.16. The van der Waals surface area contributed by atoms with E-state index < -0.39 is 23.9 Å². The first kappa shape index (κ1) is 23.8. The number of ether oxygens (including phenoxy) is 2. The molecule has 0 saturated carbocycles. The average Bonchev–Trinajstić information content (AvgIpc) is 2.83. The normalized spacial score (nSPS) is 11.4. The molecule has 0 radical (unpaired) electrons. The molecule has 0 bridgehead atoms. The molecule has 0 saturated heterocycles. The van der Waals surface area contributed by atoms with Crippen molar-refractivity contribution in [3.8, 4) is 16.9 Å². The van der Waals surface area contributed by atoms with Gasteiger partial charge in [0.15, 0.2) is 0 Å². The number of benzene rings is 3. The van der Waals surface area contributed by atoms with Crippen molar-refractivity contribution >= 4 is 29.4 Å². The third-order valence-corrected chi connectivity index (χ3v) is 5.38. The van der Waals surface area contributed by atoms with E-state index in [2.05, 4.69) is 5.32 Å². The van der Waals surface area contributed by atoms with Gasteiger partial charge in [0, 0.05) is 12.0 Å². The van der Waals surface area contributed by atoms with E-state index in [1.54, 1.807) is 7.11 Å². The maximum absolute atomic E-state index is 12.7.